The normalized spacial score (nSPS) is 9.73. The van der Waals surface area contributed by atoms with E-state index in [4.69, 9.17) is 11.6 Å². The number of aromatic nitrogens is 1. The number of carbonyl (C=O) groups is 1. The van der Waals surface area contributed by atoms with E-state index >= 15 is 0 Å². The maximum absolute atomic E-state index is 12.3. The Morgan fingerprint density at radius 3 is 2.82 bits per heavy atom. The van der Waals surface area contributed by atoms with E-state index in [0.717, 1.165) is 12.3 Å². The lowest BCUT2D eigenvalue weighted by Crippen LogP contribution is -1.95. The molecule has 0 saturated carbocycles. The summed E-state index contributed by atoms with van der Waals surface area (Å²) in [6, 6.07) is 1.01. The summed E-state index contributed by atoms with van der Waals surface area (Å²) in [6.45, 7) is 1.35. The van der Waals surface area contributed by atoms with Gasteiger partial charge in [0.15, 0.2) is 5.78 Å². The van der Waals surface area contributed by atoms with Gasteiger partial charge < -0.3 is 0 Å². The molecule has 0 fully saturated rings. The molecule has 0 aliphatic heterocycles. The van der Waals surface area contributed by atoms with Crippen LogP contribution >= 0.6 is 11.6 Å². The Kier molecular flexibility index (Phi) is 2.19. The van der Waals surface area contributed by atoms with Crippen LogP contribution in [0.5, 0.6) is 0 Å². The van der Waals surface area contributed by atoms with Crippen molar-refractivity contribution in [2.75, 3.05) is 0 Å². The summed E-state index contributed by atoms with van der Waals surface area (Å²) in [6.07, 6.45) is 1.12. The Hall–Kier alpha value is -0.960. The molecule has 0 spiro atoms. The molecule has 58 valence electrons. The third-order valence-electron chi connectivity index (χ3n) is 1.20. The maximum atomic E-state index is 12.3. The molecular formula is C7H5ClFNO. The first-order valence-electron chi connectivity index (χ1n) is 2.93. The van der Waals surface area contributed by atoms with Crippen molar-refractivity contribution in [1.29, 1.82) is 0 Å². The van der Waals surface area contributed by atoms with E-state index in [9.17, 15) is 9.18 Å². The van der Waals surface area contributed by atoms with Crippen molar-refractivity contribution in [3.05, 3.63) is 28.8 Å². The second kappa shape index (κ2) is 2.96. The van der Waals surface area contributed by atoms with E-state index in [1.54, 1.807) is 0 Å². The molecule has 1 aromatic heterocycles. The Morgan fingerprint density at radius 1 is 1.73 bits per heavy atom. The van der Waals surface area contributed by atoms with Gasteiger partial charge in [0.25, 0.3) is 0 Å². The summed E-state index contributed by atoms with van der Waals surface area (Å²) >= 11 is 5.52. The van der Waals surface area contributed by atoms with Crippen molar-refractivity contribution in [2.45, 2.75) is 6.92 Å². The highest BCUT2D eigenvalue weighted by Crippen LogP contribution is 2.15. The summed E-state index contributed by atoms with van der Waals surface area (Å²) in [5.74, 6) is -0.900. The molecule has 0 atom stereocenters. The SMILES string of the molecule is CC(=O)c1cnc(F)cc1Cl. The smallest absolute Gasteiger partial charge is 0.214 e. The number of hydrogen-bond acceptors (Lipinski definition) is 2. The Morgan fingerprint density at radius 2 is 2.36 bits per heavy atom. The van der Waals surface area contributed by atoms with Gasteiger partial charge in [0.05, 0.1) is 10.6 Å². The van der Waals surface area contributed by atoms with E-state index in [1.165, 1.54) is 6.92 Å². The average Bonchev–Trinajstić information content (AvgIpc) is 1.85. The molecule has 0 amide bonds. The van der Waals surface area contributed by atoms with Crippen LogP contribution in [-0.2, 0) is 0 Å². The van der Waals surface area contributed by atoms with Crippen LogP contribution in [0.1, 0.15) is 17.3 Å². The first-order chi connectivity index (χ1) is 5.11. The second-order valence-electron chi connectivity index (χ2n) is 2.04. The van der Waals surface area contributed by atoms with Gasteiger partial charge in [-0.3, -0.25) is 4.79 Å². The van der Waals surface area contributed by atoms with Crippen LogP contribution in [-0.4, -0.2) is 10.8 Å². The van der Waals surface area contributed by atoms with Gasteiger partial charge in [0.1, 0.15) is 0 Å². The van der Waals surface area contributed by atoms with Crippen LogP contribution in [0.4, 0.5) is 4.39 Å². The van der Waals surface area contributed by atoms with Crippen LogP contribution in [0.2, 0.25) is 5.02 Å². The van der Waals surface area contributed by atoms with Crippen LogP contribution < -0.4 is 0 Å². The number of rotatable bonds is 1. The monoisotopic (exact) mass is 173 g/mol. The second-order valence-corrected chi connectivity index (χ2v) is 2.45. The lowest BCUT2D eigenvalue weighted by atomic mass is 10.2. The molecule has 2 nitrogen and oxygen atoms in total. The fourth-order valence-corrected chi connectivity index (χ4v) is 0.938. The first-order valence-corrected chi connectivity index (χ1v) is 3.31. The number of ketones is 1. The molecule has 1 heterocycles. The first kappa shape index (κ1) is 8.14. The summed E-state index contributed by atoms with van der Waals surface area (Å²) in [4.78, 5) is 14.0. The Bertz CT molecular complexity index is 300. The number of nitrogens with zero attached hydrogens (tertiary/aromatic N) is 1. The zero-order valence-corrected chi connectivity index (χ0v) is 6.52. The zero-order valence-electron chi connectivity index (χ0n) is 5.77. The lowest BCUT2D eigenvalue weighted by Gasteiger charge is -1.96. The van der Waals surface area contributed by atoms with Crippen LogP contribution in [0.25, 0.3) is 0 Å². The average molecular weight is 174 g/mol. The summed E-state index contributed by atoms with van der Waals surface area (Å²) in [5.41, 5.74) is 0.244. The molecule has 1 aromatic rings. The Labute approximate surface area is 68.0 Å². The van der Waals surface area contributed by atoms with E-state index in [2.05, 4.69) is 4.98 Å². The molecule has 0 N–H and O–H groups in total. The van der Waals surface area contributed by atoms with E-state index in [0.29, 0.717) is 0 Å². The van der Waals surface area contributed by atoms with Gasteiger partial charge >= 0.3 is 0 Å². The standard InChI is InChI=1S/C7H5ClFNO/c1-4(11)5-3-10-7(9)2-6(5)8/h2-3H,1H3. The molecule has 0 unspecified atom stereocenters. The number of Topliss-reactive ketones (excluding diaryl/α,β-unsaturated/α-hetero) is 1. The van der Waals surface area contributed by atoms with Crippen LogP contribution in [0.15, 0.2) is 12.3 Å². The zero-order chi connectivity index (χ0) is 8.43. The Balaban J connectivity index is 3.20. The minimum absolute atomic E-state index is 0.102. The summed E-state index contributed by atoms with van der Waals surface area (Å²) in [5, 5.41) is 0.102. The van der Waals surface area contributed by atoms with Crippen molar-refractivity contribution in [2.24, 2.45) is 0 Å². The van der Waals surface area contributed by atoms with Gasteiger partial charge in [-0.25, -0.2) is 4.98 Å². The predicted octanol–water partition coefficient (Wildman–Crippen LogP) is 2.08. The van der Waals surface area contributed by atoms with Crippen molar-refractivity contribution < 1.29 is 9.18 Å². The molecule has 0 aromatic carbocycles. The molecule has 0 saturated heterocycles. The molecule has 11 heavy (non-hydrogen) atoms. The molecule has 0 radical (unpaired) electrons. The van der Waals surface area contributed by atoms with Gasteiger partial charge in [0.2, 0.25) is 5.95 Å². The van der Waals surface area contributed by atoms with Crippen molar-refractivity contribution >= 4 is 17.4 Å². The van der Waals surface area contributed by atoms with Crippen LogP contribution in [0.3, 0.4) is 0 Å². The number of halogens is 2. The minimum atomic E-state index is -0.681. The van der Waals surface area contributed by atoms with Crippen molar-refractivity contribution in [1.82, 2.24) is 4.98 Å². The van der Waals surface area contributed by atoms with Gasteiger partial charge in [-0.2, -0.15) is 4.39 Å². The largest absolute Gasteiger partial charge is 0.294 e. The quantitative estimate of drug-likeness (QED) is 0.481. The summed E-state index contributed by atoms with van der Waals surface area (Å²) < 4.78 is 12.3. The number of hydrogen-bond donors (Lipinski definition) is 0. The van der Waals surface area contributed by atoms with Gasteiger partial charge in [0, 0.05) is 12.3 Å². The van der Waals surface area contributed by atoms with Crippen LogP contribution in [0, 0.1) is 5.95 Å². The highest BCUT2D eigenvalue weighted by Gasteiger charge is 2.06. The molecule has 0 aliphatic rings. The van der Waals surface area contributed by atoms with E-state index in [-0.39, 0.29) is 16.4 Å². The third kappa shape index (κ3) is 1.74. The van der Waals surface area contributed by atoms with Gasteiger partial charge in [-0.1, -0.05) is 11.6 Å². The highest BCUT2D eigenvalue weighted by atomic mass is 35.5. The summed E-state index contributed by atoms with van der Waals surface area (Å²) in [7, 11) is 0. The molecule has 0 aliphatic carbocycles. The predicted molar refractivity (Wildman–Crippen MR) is 39.2 cm³/mol. The minimum Gasteiger partial charge on any atom is -0.294 e. The van der Waals surface area contributed by atoms with Crippen molar-refractivity contribution in [3.63, 3.8) is 0 Å². The van der Waals surface area contributed by atoms with Crippen molar-refractivity contribution in [3.8, 4) is 0 Å². The third-order valence-corrected chi connectivity index (χ3v) is 1.51. The molecule has 4 heteroatoms. The molecule has 1 rings (SSSR count). The number of carbonyl (C=O) groups excluding carboxylic acids is 1. The van der Waals surface area contributed by atoms with Gasteiger partial charge in [-0.05, 0) is 6.92 Å². The van der Waals surface area contributed by atoms with E-state index in [1.807, 2.05) is 0 Å². The van der Waals surface area contributed by atoms with E-state index < -0.39 is 5.95 Å². The fraction of sp³-hybridized carbons (Fsp3) is 0.143. The highest BCUT2D eigenvalue weighted by molar-refractivity contribution is 6.33. The van der Waals surface area contributed by atoms with Gasteiger partial charge in [-0.15, -0.1) is 0 Å². The lowest BCUT2D eigenvalue weighted by molar-refractivity contribution is 0.101. The molecular weight excluding hydrogens is 169 g/mol. The number of pyridine rings is 1. The molecule has 0 bridgehead atoms. The maximum Gasteiger partial charge on any atom is 0.214 e. The fourth-order valence-electron chi connectivity index (χ4n) is 0.667. The topological polar surface area (TPSA) is 30.0 Å².